The van der Waals surface area contributed by atoms with Crippen molar-refractivity contribution in [2.24, 2.45) is 10.7 Å². The van der Waals surface area contributed by atoms with Gasteiger partial charge in [0.25, 0.3) is 0 Å². The zero-order chi connectivity index (χ0) is 14.6. The number of nitrogens with zero attached hydrogens (tertiary/aromatic N) is 1. The summed E-state index contributed by atoms with van der Waals surface area (Å²) in [6, 6.07) is 7.91. The van der Waals surface area contributed by atoms with E-state index in [2.05, 4.69) is 17.2 Å². The number of hydrogen-bond acceptors (Lipinski definition) is 3. The summed E-state index contributed by atoms with van der Waals surface area (Å²) in [5.74, 6) is 1.34. The Bertz CT molecular complexity index is 408. The molecule has 0 radical (unpaired) electrons. The molecular formula is C15H25N3O2. The number of guanidine groups is 1. The zero-order valence-electron chi connectivity index (χ0n) is 12.4. The van der Waals surface area contributed by atoms with E-state index in [-0.39, 0.29) is 0 Å². The predicted molar refractivity (Wildman–Crippen MR) is 82.1 cm³/mol. The molecule has 1 aromatic rings. The molecule has 0 bridgehead atoms. The molecule has 20 heavy (non-hydrogen) atoms. The predicted octanol–water partition coefficient (Wildman–Crippen LogP) is 1.92. The Balaban J connectivity index is 2.42. The minimum Gasteiger partial charge on any atom is -0.493 e. The van der Waals surface area contributed by atoms with Gasteiger partial charge in [-0.15, -0.1) is 0 Å². The van der Waals surface area contributed by atoms with Gasteiger partial charge in [0.05, 0.1) is 13.2 Å². The molecule has 0 aliphatic carbocycles. The van der Waals surface area contributed by atoms with Crippen LogP contribution in [-0.2, 0) is 11.3 Å². The van der Waals surface area contributed by atoms with Crippen molar-refractivity contribution in [2.45, 2.75) is 26.3 Å². The number of methoxy groups -OCH3 is 1. The molecular weight excluding hydrogens is 254 g/mol. The van der Waals surface area contributed by atoms with E-state index in [9.17, 15) is 0 Å². The second-order valence-corrected chi connectivity index (χ2v) is 4.47. The van der Waals surface area contributed by atoms with Crippen molar-refractivity contribution in [3.05, 3.63) is 29.8 Å². The smallest absolute Gasteiger partial charge is 0.188 e. The summed E-state index contributed by atoms with van der Waals surface area (Å²) in [5.41, 5.74) is 6.83. The van der Waals surface area contributed by atoms with Gasteiger partial charge in [-0.25, -0.2) is 4.99 Å². The molecule has 0 aliphatic rings. The Morgan fingerprint density at radius 2 is 2.20 bits per heavy atom. The van der Waals surface area contributed by atoms with Crippen LogP contribution in [0.25, 0.3) is 0 Å². The Morgan fingerprint density at radius 3 is 2.95 bits per heavy atom. The molecule has 0 saturated carbocycles. The van der Waals surface area contributed by atoms with Crippen LogP contribution in [0.1, 0.15) is 25.3 Å². The summed E-state index contributed by atoms with van der Waals surface area (Å²) in [5, 5.41) is 3.05. The van der Waals surface area contributed by atoms with Crippen molar-refractivity contribution in [1.29, 1.82) is 0 Å². The maximum Gasteiger partial charge on any atom is 0.188 e. The van der Waals surface area contributed by atoms with Crippen molar-refractivity contribution < 1.29 is 9.47 Å². The van der Waals surface area contributed by atoms with E-state index in [4.69, 9.17) is 15.2 Å². The Hall–Kier alpha value is -1.75. The fourth-order valence-corrected chi connectivity index (χ4v) is 1.61. The summed E-state index contributed by atoms with van der Waals surface area (Å²) in [7, 11) is 1.69. The Kier molecular flexibility index (Phi) is 8.22. The van der Waals surface area contributed by atoms with Gasteiger partial charge in [0, 0.05) is 26.7 Å². The van der Waals surface area contributed by atoms with E-state index >= 15 is 0 Å². The third-order valence-corrected chi connectivity index (χ3v) is 2.65. The molecule has 0 amide bonds. The number of nitrogens with two attached hydrogens (primary N) is 1. The maximum absolute atomic E-state index is 5.75. The van der Waals surface area contributed by atoms with E-state index < -0.39 is 0 Å². The van der Waals surface area contributed by atoms with E-state index in [1.54, 1.807) is 7.11 Å². The fourth-order valence-electron chi connectivity index (χ4n) is 1.61. The second-order valence-electron chi connectivity index (χ2n) is 4.47. The average molecular weight is 279 g/mol. The fraction of sp³-hybridized carbons (Fsp3) is 0.533. The molecule has 1 aromatic carbocycles. The molecule has 0 spiro atoms. The van der Waals surface area contributed by atoms with E-state index in [1.165, 1.54) is 0 Å². The van der Waals surface area contributed by atoms with Crippen LogP contribution in [0, 0.1) is 0 Å². The highest BCUT2D eigenvalue weighted by molar-refractivity contribution is 5.77. The summed E-state index contributed by atoms with van der Waals surface area (Å²) < 4.78 is 10.6. The van der Waals surface area contributed by atoms with Gasteiger partial charge in [0.2, 0.25) is 0 Å². The lowest BCUT2D eigenvalue weighted by atomic mass is 10.2. The van der Waals surface area contributed by atoms with Gasteiger partial charge in [0.1, 0.15) is 5.75 Å². The first-order valence-corrected chi connectivity index (χ1v) is 7.00. The first-order valence-electron chi connectivity index (χ1n) is 7.00. The molecule has 0 fully saturated rings. The van der Waals surface area contributed by atoms with Gasteiger partial charge in [-0.3, -0.25) is 0 Å². The molecule has 0 aromatic heterocycles. The van der Waals surface area contributed by atoms with Crippen molar-refractivity contribution in [3.8, 4) is 5.75 Å². The van der Waals surface area contributed by atoms with Crippen LogP contribution in [0.3, 0.4) is 0 Å². The first-order chi connectivity index (χ1) is 9.76. The lowest BCUT2D eigenvalue weighted by molar-refractivity contribution is 0.172. The normalized spacial score (nSPS) is 11.4. The minimum absolute atomic E-state index is 0.485. The number of nitrogens with one attached hydrogen (secondary N) is 1. The van der Waals surface area contributed by atoms with Crippen molar-refractivity contribution in [1.82, 2.24) is 5.32 Å². The van der Waals surface area contributed by atoms with Gasteiger partial charge >= 0.3 is 0 Å². The molecule has 0 atom stereocenters. The maximum atomic E-state index is 5.75. The Labute approximate surface area is 121 Å². The first kappa shape index (κ1) is 16.3. The summed E-state index contributed by atoms with van der Waals surface area (Å²) >= 11 is 0. The Morgan fingerprint density at radius 1 is 1.35 bits per heavy atom. The van der Waals surface area contributed by atoms with Gasteiger partial charge in [0.15, 0.2) is 5.96 Å². The SMILES string of the molecule is CCCNC(N)=NCc1cccc(OCCCOC)c1. The van der Waals surface area contributed by atoms with Gasteiger partial charge in [-0.2, -0.15) is 0 Å². The van der Waals surface area contributed by atoms with Crippen molar-refractivity contribution in [3.63, 3.8) is 0 Å². The number of aliphatic imine (C=N–C) groups is 1. The van der Waals surface area contributed by atoms with E-state index in [0.29, 0.717) is 25.7 Å². The summed E-state index contributed by atoms with van der Waals surface area (Å²) in [4.78, 5) is 4.29. The molecule has 0 heterocycles. The largest absolute Gasteiger partial charge is 0.493 e. The quantitative estimate of drug-likeness (QED) is 0.411. The highest BCUT2D eigenvalue weighted by Gasteiger charge is 1.97. The molecule has 0 aliphatic heterocycles. The molecule has 112 valence electrons. The van der Waals surface area contributed by atoms with Crippen LogP contribution in [-0.4, -0.2) is 32.8 Å². The van der Waals surface area contributed by atoms with Gasteiger partial charge < -0.3 is 20.5 Å². The van der Waals surface area contributed by atoms with E-state index in [0.717, 1.165) is 30.7 Å². The lowest BCUT2D eigenvalue weighted by Gasteiger charge is -2.07. The van der Waals surface area contributed by atoms with Crippen LogP contribution >= 0.6 is 0 Å². The molecule has 0 saturated heterocycles. The van der Waals surface area contributed by atoms with E-state index in [1.807, 2.05) is 24.3 Å². The number of ether oxygens (including phenoxy) is 2. The van der Waals surface area contributed by atoms with Crippen LogP contribution < -0.4 is 15.8 Å². The average Bonchev–Trinajstić information content (AvgIpc) is 2.48. The topological polar surface area (TPSA) is 68.9 Å². The molecule has 0 unspecified atom stereocenters. The molecule has 3 N–H and O–H groups in total. The summed E-state index contributed by atoms with van der Waals surface area (Å²) in [6.07, 6.45) is 1.91. The third-order valence-electron chi connectivity index (χ3n) is 2.65. The highest BCUT2D eigenvalue weighted by Crippen LogP contribution is 2.14. The van der Waals surface area contributed by atoms with Gasteiger partial charge in [-0.1, -0.05) is 19.1 Å². The van der Waals surface area contributed by atoms with Crippen LogP contribution in [0.5, 0.6) is 5.75 Å². The lowest BCUT2D eigenvalue weighted by Crippen LogP contribution is -2.32. The third kappa shape index (κ3) is 6.99. The highest BCUT2D eigenvalue weighted by atomic mass is 16.5. The molecule has 5 heteroatoms. The van der Waals surface area contributed by atoms with Crippen LogP contribution in [0.15, 0.2) is 29.3 Å². The minimum atomic E-state index is 0.485. The van der Waals surface area contributed by atoms with Crippen LogP contribution in [0.4, 0.5) is 0 Å². The van der Waals surface area contributed by atoms with Gasteiger partial charge in [-0.05, 0) is 24.1 Å². The number of rotatable bonds is 9. The monoisotopic (exact) mass is 279 g/mol. The molecule has 5 nitrogen and oxygen atoms in total. The van der Waals surface area contributed by atoms with Crippen LogP contribution in [0.2, 0.25) is 0 Å². The van der Waals surface area contributed by atoms with Crippen molar-refractivity contribution >= 4 is 5.96 Å². The second kappa shape index (κ2) is 10.1. The summed E-state index contributed by atoms with van der Waals surface area (Å²) in [6.45, 7) is 4.85. The number of benzene rings is 1. The standard InChI is InChI=1S/C15H25N3O2/c1-3-8-17-15(16)18-12-13-6-4-7-14(11-13)20-10-5-9-19-2/h4,6-7,11H,3,5,8-10,12H2,1-2H3,(H3,16,17,18). The number of hydrogen-bond donors (Lipinski definition) is 2. The zero-order valence-corrected chi connectivity index (χ0v) is 12.4. The molecule has 1 rings (SSSR count). The van der Waals surface area contributed by atoms with Crippen molar-refractivity contribution in [2.75, 3.05) is 26.9 Å².